The number of aromatic nitrogens is 2. The highest BCUT2D eigenvalue weighted by atomic mass is 35.5. The van der Waals surface area contributed by atoms with Crippen LogP contribution in [0.15, 0.2) is 42.6 Å². The molecule has 5 rings (SSSR count). The fraction of sp³-hybridized carbons (Fsp3) is 0.464. The smallest absolute Gasteiger partial charge is 0.253 e. The molecular weight excluding hydrogens is 490 g/mol. The van der Waals surface area contributed by atoms with Crippen molar-refractivity contribution in [3.05, 3.63) is 64.3 Å². The van der Waals surface area contributed by atoms with E-state index in [2.05, 4.69) is 10.2 Å². The van der Waals surface area contributed by atoms with Gasteiger partial charge in [0.25, 0.3) is 11.8 Å². The van der Waals surface area contributed by atoms with Crippen LogP contribution >= 0.6 is 11.6 Å². The lowest BCUT2D eigenvalue weighted by molar-refractivity contribution is 0.0383. The third-order valence-corrected chi connectivity index (χ3v) is 7.65. The third kappa shape index (κ3) is 6.32. The summed E-state index contributed by atoms with van der Waals surface area (Å²) in [4.78, 5) is 29.9. The molecule has 0 saturated carbocycles. The molecule has 3 heterocycles. The van der Waals surface area contributed by atoms with E-state index in [1.165, 1.54) is 0 Å². The maximum atomic E-state index is 12.9. The number of likely N-dealkylation sites (tertiary alicyclic amines) is 1. The number of morpholine rings is 1. The summed E-state index contributed by atoms with van der Waals surface area (Å²) in [6.07, 6.45) is 3.90. The van der Waals surface area contributed by atoms with Gasteiger partial charge in [0.15, 0.2) is 0 Å². The predicted molar refractivity (Wildman–Crippen MR) is 144 cm³/mol. The molecule has 9 heteroatoms. The van der Waals surface area contributed by atoms with E-state index in [0.29, 0.717) is 28.6 Å². The fourth-order valence-corrected chi connectivity index (χ4v) is 5.30. The van der Waals surface area contributed by atoms with E-state index in [9.17, 15) is 9.59 Å². The number of piperidine rings is 1. The summed E-state index contributed by atoms with van der Waals surface area (Å²) >= 11 is 5.95. The number of amides is 2. The zero-order chi connectivity index (χ0) is 25.8. The molecule has 196 valence electrons. The minimum absolute atomic E-state index is 0.0434. The Morgan fingerprint density at radius 2 is 1.81 bits per heavy atom. The second-order valence-electron chi connectivity index (χ2n) is 10.0. The molecule has 2 aliphatic heterocycles. The number of carbonyl (C=O) groups is 2. The molecule has 37 heavy (non-hydrogen) atoms. The first-order valence-corrected chi connectivity index (χ1v) is 13.4. The van der Waals surface area contributed by atoms with Gasteiger partial charge in [-0.1, -0.05) is 11.6 Å². The summed E-state index contributed by atoms with van der Waals surface area (Å²) in [6, 6.07) is 11.0. The summed E-state index contributed by atoms with van der Waals surface area (Å²) in [5, 5.41) is 9.44. The predicted octanol–water partition coefficient (Wildman–Crippen LogP) is 3.61. The first-order chi connectivity index (χ1) is 18.0. The Morgan fingerprint density at radius 1 is 1.08 bits per heavy atom. The normalized spacial score (nSPS) is 17.3. The van der Waals surface area contributed by atoms with Crippen LogP contribution in [0, 0.1) is 12.8 Å². The van der Waals surface area contributed by atoms with Crippen LogP contribution in [0.4, 0.5) is 0 Å². The highest BCUT2D eigenvalue weighted by Gasteiger charge is 2.24. The summed E-state index contributed by atoms with van der Waals surface area (Å²) in [5.41, 5.74) is 3.20. The SMILES string of the molecule is Cc1cc2nn(CC3CCN(C(=O)c4ccc(Cl)cc4)CC3)cc2cc1C(=O)NCCN1CCOCC1. The Bertz CT molecular complexity index is 1240. The molecule has 0 atom stereocenters. The number of aryl methyl sites for hydroxylation is 1. The maximum Gasteiger partial charge on any atom is 0.253 e. The van der Waals surface area contributed by atoms with Crippen LogP contribution in [0.5, 0.6) is 0 Å². The van der Waals surface area contributed by atoms with Gasteiger partial charge in [-0.2, -0.15) is 5.10 Å². The number of benzene rings is 2. The van der Waals surface area contributed by atoms with Crippen LogP contribution < -0.4 is 5.32 Å². The van der Waals surface area contributed by atoms with Crippen molar-refractivity contribution in [2.24, 2.45) is 5.92 Å². The molecule has 0 spiro atoms. The first kappa shape index (κ1) is 25.7. The summed E-state index contributed by atoms with van der Waals surface area (Å²) in [5.74, 6) is 0.469. The zero-order valence-corrected chi connectivity index (χ0v) is 22.0. The van der Waals surface area contributed by atoms with Crippen molar-refractivity contribution in [2.45, 2.75) is 26.3 Å². The van der Waals surface area contributed by atoms with Gasteiger partial charge in [-0.05, 0) is 67.6 Å². The van der Waals surface area contributed by atoms with Gasteiger partial charge in [0, 0.05) is 73.5 Å². The van der Waals surface area contributed by atoms with Crippen molar-refractivity contribution in [1.82, 2.24) is 24.9 Å². The molecule has 8 nitrogen and oxygen atoms in total. The largest absolute Gasteiger partial charge is 0.379 e. The molecule has 0 bridgehead atoms. The second-order valence-corrected chi connectivity index (χ2v) is 10.5. The first-order valence-electron chi connectivity index (χ1n) is 13.1. The quantitative estimate of drug-likeness (QED) is 0.512. The average molecular weight is 524 g/mol. The lowest BCUT2D eigenvalue weighted by Gasteiger charge is -2.32. The molecule has 0 unspecified atom stereocenters. The van der Waals surface area contributed by atoms with Gasteiger partial charge >= 0.3 is 0 Å². The Hall–Kier alpha value is -2.94. The van der Waals surface area contributed by atoms with Gasteiger partial charge in [0.1, 0.15) is 0 Å². The Balaban J connectivity index is 1.15. The maximum absolute atomic E-state index is 12.9. The van der Waals surface area contributed by atoms with Crippen molar-refractivity contribution >= 4 is 34.3 Å². The molecule has 1 N–H and O–H groups in total. The number of ether oxygens (including phenoxy) is 1. The van der Waals surface area contributed by atoms with Gasteiger partial charge in [0.2, 0.25) is 0 Å². The highest BCUT2D eigenvalue weighted by molar-refractivity contribution is 6.30. The Morgan fingerprint density at radius 3 is 2.54 bits per heavy atom. The van der Waals surface area contributed by atoms with Crippen LogP contribution in [0.1, 0.15) is 39.1 Å². The van der Waals surface area contributed by atoms with Crippen molar-refractivity contribution in [2.75, 3.05) is 52.5 Å². The average Bonchev–Trinajstić information content (AvgIpc) is 3.30. The number of nitrogens with zero attached hydrogens (tertiary/aromatic N) is 4. The van der Waals surface area contributed by atoms with E-state index in [4.69, 9.17) is 21.4 Å². The lowest BCUT2D eigenvalue weighted by Crippen LogP contribution is -2.41. The molecule has 3 aromatic rings. The molecule has 2 fully saturated rings. The molecule has 0 aliphatic carbocycles. The number of rotatable bonds is 7. The summed E-state index contributed by atoms with van der Waals surface area (Å²) in [7, 11) is 0. The fourth-order valence-electron chi connectivity index (χ4n) is 5.17. The Kier molecular flexibility index (Phi) is 8.08. The van der Waals surface area contributed by atoms with Crippen molar-refractivity contribution in [1.29, 1.82) is 0 Å². The monoisotopic (exact) mass is 523 g/mol. The summed E-state index contributed by atoms with van der Waals surface area (Å²) in [6.45, 7) is 9.04. The third-order valence-electron chi connectivity index (χ3n) is 7.40. The number of hydrogen-bond donors (Lipinski definition) is 1. The molecule has 2 aliphatic rings. The van der Waals surface area contributed by atoms with Crippen molar-refractivity contribution in [3.8, 4) is 0 Å². The minimum Gasteiger partial charge on any atom is -0.379 e. The lowest BCUT2D eigenvalue weighted by atomic mass is 9.96. The van der Waals surface area contributed by atoms with Crippen molar-refractivity contribution in [3.63, 3.8) is 0 Å². The Labute approximate surface area is 222 Å². The number of hydrogen-bond acceptors (Lipinski definition) is 5. The van der Waals surface area contributed by atoms with E-state index in [0.717, 1.165) is 81.8 Å². The number of halogens is 1. The van der Waals surface area contributed by atoms with Gasteiger partial charge in [-0.25, -0.2) is 0 Å². The minimum atomic E-state index is -0.0434. The summed E-state index contributed by atoms with van der Waals surface area (Å²) < 4.78 is 7.37. The molecule has 1 aromatic heterocycles. The van der Waals surface area contributed by atoms with Crippen LogP contribution in [-0.2, 0) is 11.3 Å². The van der Waals surface area contributed by atoms with E-state index >= 15 is 0 Å². The van der Waals surface area contributed by atoms with Crippen molar-refractivity contribution < 1.29 is 14.3 Å². The van der Waals surface area contributed by atoms with Gasteiger partial charge in [-0.3, -0.25) is 19.2 Å². The van der Waals surface area contributed by atoms with E-state index in [-0.39, 0.29) is 11.8 Å². The molecule has 0 radical (unpaired) electrons. The standard InChI is InChI=1S/C28H34ClN5O3/c1-20-16-26-23(17-25(20)27(35)30-8-11-32-12-14-37-15-13-32)19-34(31-26)18-21-6-9-33(10-7-21)28(36)22-2-4-24(29)5-3-22/h2-5,16-17,19,21H,6-15,18H2,1H3,(H,30,35). The second kappa shape index (κ2) is 11.6. The molecule has 2 saturated heterocycles. The van der Waals surface area contributed by atoms with Crippen LogP contribution in [-0.4, -0.2) is 83.9 Å². The van der Waals surface area contributed by atoms with Crippen LogP contribution in [0.2, 0.25) is 5.02 Å². The van der Waals surface area contributed by atoms with Crippen LogP contribution in [0.3, 0.4) is 0 Å². The molecule has 2 amide bonds. The molecular formula is C28H34ClN5O3. The van der Waals surface area contributed by atoms with Gasteiger partial charge in [0.05, 0.1) is 18.7 Å². The van der Waals surface area contributed by atoms with Gasteiger partial charge < -0.3 is 15.0 Å². The van der Waals surface area contributed by atoms with E-state index in [1.807, 2.05) is 34.8 Å². The van der Waals surface area contributed by atoms with Gasteiger partial charge in [-0.15, -0.1) is 0 Å². The molecule has 2 aromatic carbocycles. The number of carbonyl (C=O) groups excluding carboxylic acids is 2. The van der Waals surface area contributed by atoms with Crippen LogP contribution in [0.25, 0.3) is 10.9 Å². The number of fused-ring (bicyclic) bond motifs is 1. The van der Waals surface area contributed by atoms with E-state index < -0.39 is 0 Å². The topological polar surface area (TPSA) is 79.7 Å². The number of nitrogens with one attached hydrogen (secondary N) is 1. The zero-order valence-electron chi connectivity index (χ0n) is 21.3. The van der Waals surface area contributed by atoms with E-state index in [1.54, 1.807) is 24.3 Å². The highest BCUT2D eigenvalue weighted by Crippen LogP contribution is 2.24.